The maximum atomic E-state index is 15.6. The number of unbranched alkanes of at least 4 members (excludes halogenated alkanes) is 1. The smallest absolute Gasteiger partial charge is 0.306 e. The highest BCUT2D eigenvalue weighted by molar-refractivity contribution is 7.21. The fraction of sp³-hybridized carbons (Fsp3) is 0.441. The number of carboxylic acid groups (broad SMARTS) is 1. The number of aliphatic carboxylic acids is 1. The van der Waals surface area contributed by atoms with E-state index in [1.807, 2.05) is 6.07 Å². The molecule has 0 unspecified atom stereocenters. The van der Waals surface area contributed by atoms with Gasteiger partial charge >= 0.3 is 5.97 Å². The largest absolute Gasteiger partial charge is 0.493 e. The van der Waals surface area contributed by atoms with Gasteiger partial charge in [0.2, 0.25) is 0 Å². The Morgan fingerprint density at radius 3 is 1.96 bits per heavy atom. The number of ketones is 2. The standard InChI is InChI=1S/C34H36F2O8S2/c1-17(34(39)40)11-24(38)29-14-23-28(46-29)16-26(42-4)33(31(23)36)44-10-6-5-9-43-32-25(41-3)15-27-22(30(32)35)13-20(45-27)12-19-7-8-21(19)18(2)37/h13-17,19,21H,5-12H2,1-4H3,(H,39,40)/t17-,19-,21-/m0/s1. The zero-order valence-electron chi connectivity index (χ0n) is 26.1. The third kappa shape index (κ3) is 6.97. The van der Waals surface area contributed by atoms with Crippen molar-refractivity contribution in [1.82, 2.24) is 0 Å². The van der Waals surface area contributed by atoms with Crippen LogP contribution in [0.1, 0.15) is 60.5 Å². The van der Waals surface area contributed by atoms with Crippen molar-refractivity contribution in [2.75, 3.05) is 27.4 Å². The average Bonchev–Trinajstić information content (AvgIpc) is 3.62. The van der Waals surface area contributed by atoms with E-state index in [1.165, 1.54) is 38.5 Å². The molecule has 0 radical (unpaired) electrons. The molecule has 2 aromatic carbocycles. The number of fused-ring (bicyclic) bond motifs is 2. The highest BCUT2D eigenvalue weighted by atomic mass is 32.1. The van der Waals surface area contributed by atoms with Crippen LogP contribution in [0.25, 0.3) is 20.2 Å². The number of hydrogen-bond acceptors (Lipinski definition) is 9. The van der Waals surface area contributed by atoms with Crippen molar-refractivity contribution in [3.8, 4) is 23.0 Å². The van der Waals surface area contributed by atoms with E-state index in [2.05, 4.69) is 0 Å². The van der Waals surface area contributed by atoms with Crippen molar-refractivity contribution < 1.29 is 47.2 Å². The molecule has 0 amide bonds. The Hall–Kier alpha value is -3.77. The van der Waals surface area contributed by atoms with E-state index in [0.717, 1.165) is 40.2 Å². The summed E-state index contributed by atoms with van der Waals surface area (Å²) in [5, 5.41) is 9.76. The van der Waals surface area contributed by atoms with Gasteiger partial charge in [0, 0.05) is 49.5 Å². The van der Waals surface area contributed by atoms with Crippen LogP contribution >= 0.6 is 22.7 Å². The van der Waals surface area contributed by atoms with Crippen LogP contribution in [0.5, 0.6) is 23.0 Å². The van der Waals surface area contributed by atoms with Crippen LogP contribution in [0.4, 0.5) is 8.78 Å². The van der Waals surface area contributed by atoms with Gasteiger partial charge in [-0.1, -0.05) is 6.92 Å². The molecule has 46 heavy (non-hydrogen) atoms. The predicted molar refractivity (Wildman–Crippen MR) is 173 cm³/mol. The van der Waals surface area contributed by atoms with Gasteiger partial charge in [-0.3, -0.25) is 14.4 Å². The number of carboxylic acids is 1. The quantitative estimate of drug-likeness (QED) is 0.0939. The van der Waals surface area contributed by atoms with Crippen molar-refractivity contribution >= 4 is 60.4 Å². The maximum absolute atomic E-state index is 15.6. The summed E-state index contributed by atoms with van der Waals surface area (Å²) in [6.45, 7) is 3.38. The molecule has 1 saturated carbocycles. The lowest BCUT2D eigenvalue weighted by atomic mass is 9.70. The first-order valence-corrected chi connectivity index (χ1v) is 16.8. The van der Waals surface area contributed by atoms with Crippen molar-refractivity contribution in [1.29, 1.82) is 0 Å². The lowest BCUT2D eigenvalue weighted by Crippen LogP contribution is -2.32. The molecule has 0 bridgehead atoms. The molecule has 2 heterocycles. The summed E-state index contributed by atoms with van der Waals surface area (Å²) in [7, 11) is 2.85. The van der Waals surface area contributed by atoms with E-state index < -0.39 is 23.5 Å². The van der Waals surface area contributed by atoms with Gasteiger partial charge in [-0.15, -0.1) is 22.7 Å². The number of benzene rings is 2. The molecular weight excluding hydrogens is 638 g/mol. The van der Waals surface area contributed by atoms with Gasteiger partial charge in [0.1, 0.15) is 5.78 Å². The highest BCUT2D eigenvalue weighted by Gasteiger charge is 2.34. The number of thiophene rings is 2. The third-order valence-electron chi connectivity index (χ3n) is 8.48. The van der Waals surface area contributed by atoms with Gasteiger partial charge in [-0.25, -0.2) is 8.78 Å². The van der Waals surface area contributed by atoms with Crippen LogP contribution < -0.4 is 18.9 Å². The van der Waals surface area contributed by atoms with E-state index >= 15 is 8.78 Å². The third-order valence-corrected chi connectivity index (χ3v) is 10.7. The van der Waals surface area contributed by atoms with Gasteiger partial charge < -0.3 is 24.1 Å². The Labute approximate surface area is 273 Å². The second-order valence-electron chi connectivity index (χ2n) is 11.6. The number of carbonyl (C=O) groups excluding carboxylic acids is 2. The van der Waals surface area contributed by atoms with Crippen LogP contribution in [-0.4, -0.2) is 50.1 Å². The molecule has 5 rings (SSSR count). The molecule has 0 saturated heterocycles. The van der Waals surface area contributed by atoms with Gasteiger partial charge in [0.05, 0.1) is 38.2 Å². The summed E-state index contributed by atoms with van der Waals surface area (Å²) in [5.74, 6) is -2.44. The molecule has 3 atom stereocenters. The predicted octanol–water partition coefficient (Wildman–Crippen LogP) is 8.10. The number of Topliss-reactive ketones (excluding diaryl/α,β-unsaturated/α-hetero) is 2. The first kappa shape index (κ1) is 33.6. The molecule has 2 aromatic heterocycles. The summed E-state index contributed by atoms with van der Waals surface area (Å²) in [4.78, 5) is 36.8. The molecule has 1 aliphatic rings. The molecule has 12 heteroatoms. The van der Waals surface area contributed by atoms with Gasteiger partial charge in [0.25, 0.3) is 0 Å². The van der Waals surface area contributed by atoms with E-state index in [1.54, 1.807) is 19.1 Å². The second-order valence-corrected chi connectivity index (χ2v) is 13.9. The Balaban J connectivity index is 1.19. The van der Waals surface area contributed by atoms with E-state index in [4.69, 9.17) is 24.1 Å². The number of rotatable bonds is 16. The molecule has 1 aliphatic carbocycles. The van der Waals surface area contributed by atoms with Crippen LogP contribution in [0.2, 0.25) is 0 Å². The van der Waals surface area contributed by atoms with E-state index in [-0.39, 0.29) is 64.6 Å². The molecule has 1 N–H and O–H groups in total. The van der Waals surface area contributed by atoms with Crippen molar-refractivity contribution in [3.63, 3.8) is 0 Å². The molecule has 4 aromatic rings. The summed E-state index contributed by atoms with van der Waals surface area (Å²) in [6, 6.07) is 6.62. The SMILES string of the molecule is COc1cc2sc(C[C@@H]3CC[C@H]3C(C)=O)cc2c(F)c1OCCCCOc1c(OC)cc2sc(C(=O)C[C@H](C)C(=O)O)cc2c1F. The number of carbonyl (C=O) groups is 3. The fourth-order valence-corrected chi connectivity index (χ4v) is 7.90. The van der Waals surface area contributed by atoms with Gasteiger partial charge in [0.15, 0.2) is 40.4 Å². The summed E-state index contributed by atoms with van der Waals surface area (Å²) >= 11 is 2.57. The fourth-order valence-electron chi connectivity index (χ4n) is 5.69. The van der Waals surface area contributed by atoms with Gasteiger partial charge in [-0.2, -0.15) is 0 Å². The van der Waals surface area contributed by atoms with Crippen LogP contribution in [0.15, 0.2) is 24.3 Å². The number of hydrogen-bond donors (Lipinski definition) is 1. The zero-order valence-corrected chi connectivity index (χ0v) is 27.7. The zero-order chi connectivity index (χ0) is 33.1. The summed E-state index contributed by atoms with van der Waals surface area (Å²) in [6.07, 6.45) is 3.43. The molecule has 0 aliphatic heterocycles. The molecule has 0 spiro atoms. The monoisotopic (exact) mass is 674 g/mol. The van der Waals surface area contributed by atoms with Gasteiger partial charge in [-0.05, 0) is 57.1 Å². The Kier molecular flexibility index (Phi) is 10.5. The topological polar surface area (TPSA) is 108 Å². The molecule has 246 valence electrons. The van der Waals surface area contributed by atoms with Crippen LogP contribution in [0, 0.1) is 29.4 Å². The van der Waals surface area contributed by atoms with Crippen LogP contribution in [0.3, 0.4) is 0 Å². The van der Waals surface area contributed by atoms with Crippen molar-refractivity contribution in [3.05, 3.63) is 45.7 Å². The lowest BCUT2D eigenvalue weighted by molar-refractivity contribution is -0.141. The molecule has 1 fully saturated rings. The molecule has 8 nitrogen and oxygen atoms in total. The first-order valence-electron chi connectivity index (χ1n) is 15.1. The maximum Gasteiger partial charge on any atom is 0.306 e. The number of halogens is 2. The Morgan fingerprint density at radius 1 is 0.891 bits per heavy atom. The van der Waals surface area contributed by atoms with E-state index in [0.29, 0.717) is 34.6 Å². The van der Waals surface area contributed by atoms with Crippen LogP contribution in [-0.2, 0) is 16.0 Å². The normalized spacial score (nSPS) is 16.7. The van der Waals surface area contributed by atoms with Crippen molar-refractivity contribution in [2.24, 2.45) is 17.8 Å². The second kappa shape index (κ2) is 14.3. The minimum Gasteiger partial charge on any atom is -0.493 e. The first-order chi connectivity index (χ1) is 22.0. The summed E-state index contributed by atoms with van der Waals surface area (Å²) in [5.41, 5.74) is 0. The summed E-state index contributed by atoms with van der Waals surface area (Å²) < 4.78 is 54.7. The molecular formula is C34H36F2O8S2. The minimum atomic E-state index is -1.07. The number of ether oxygens (including phenoxy) is 4. The lowest BCUT2D eigenvalue weighted by Gasteiger charge is -2.34. The Bertz CT molecular complexity index is 1780. The van der Waals surface area contributed by atoms with Crippen molar-refractivity contribution in [2.45, 2.75) is 52.4 Å². The highest BCUT2D eigenvalue weighted by Crippen LogP contribution is 2.44. The Morgan fingerprint density at radius 2 is 1.46 bits per heavy atom. The number of methoxy groups -OCH3 is 2. The minimum absolute atomic E-state index is 0.0317. The average molecular weight is 675 g/mol. The van der Waals surface area contributed by atoms with E-state index in [9.17, 15) is 14.4 Å².